The third-order valence-electron chi connectivity index (χ3n) is 2.90. The summed E-state index contributed by atoms with van der Waals surface area (Å²) in [6, 6.07) is 0. The predicted octanol–water partition coefficient (Wildman–Crippen LogP) is 1.07. The molecule has 1 saturated carbocycles. The molecule has 0 spiro atoms. The summed E-state index contributed by atoms with van der Waals surface area (Å²) in [5.74, 6) is 3.02. The standard InChI is InChI=1S/C12H19NO2/c1-2-3-4-12(15)13-9-10-5-7-11(14)8-6-10/h1,10-11,14H,3-9H2,(H,13,15). The van der Waals surface area contributed by atoms with E-state index < -0.39 is 0 Å². The number of carbonyl (C=O) groups is 1. The summed E-state index contributed by atoms with van der Waals surface area (Å²) in [6.07, 6.45) is 9.63. The van der Waals surface area contributed by atoms with Crippen LogP contribution in [0.25, 0.3) is 0 Å². The molecular formula is C12H19NO2. The number of hydrogen-bond acceptors (Lipinski definition) is 2. The molecule has 0 saturated heterocycles. The van der Waals surface area contributed by atoms with Crippen LogP contribution in [0.5, 0.6) is 0 Å². The van der Waals surface area contributed by atoms with Crippen molar-refractivity contribution in [3.05, 3.63) is 0 Å². The van der Waals surface area contributed by atoms with E-state index in [2.05, 4.69) is 11.2 Å². The largest absolute Gasteiger partial charge is 0.393 e. The Balaban J connectivity index is 2.09. The second-order valence-corrected chi connectivity index (χ2v) is 4.18. The number of carbonyl (C=O) groups excluding carboxylic acids is 1. The predicted molar refractivity (Wildman–Crippen MR) is 59.0 cm³/mol. The van der Waals surface area contributed by atoms with Crippen LogP contribution < -0.4 is 5.32 Å². The number of rotatable bonds is 4. The highest BCUT2D eigenvalue weighted by molar-refractivity contribution is 5.76. The molecule has 1 aliphatic carbocycles. The molecule has 3 heteroatoms. The molecule has 0 aromatic carbocycles. The molecule has 0 heterocycles. The average Bonchev–Trinajstić information content (AvgIpc) is 2.25. The van der Waals surface area contributed by atoms with E-state index in [4.69, 9.17) is 6.42 Å². The van der Waals surface area contributed by atoms with Gasteiger partial charge in [-0.25, -0.2) is 0 Å². The van der Waals surface area contributed by atoms with Crippen LogP contribution in [-0.4, -0.2) is 23.7 Å². The Kier molecular flexibility index (Phi) is 5.20. The van der Waals surface area contributed by atoms with E-state index in [1.54, 1.807) is 0 Å². The molecule has 2 N–H and O–H groups in total. The van der Waals surface area contributed by atoms with Gasteiger partial charge in [0, 0.05) is 19.4 Å². The molecule has 1 rings (SSSR count). The highest BCUT2D eigenvalue weighted by atomic mass is 16.3. The van der Waals surface area contributed by atoms with E-state index in [1.807, 2.05) is 0 Å². The van der Waals surface area contributed by atoms with Crippen LogP contribution in [0.3, 0.4) is 0 Å². The van der Waals surface area contributed by atoms with Gasteiger partial charge in [0.1, 0.15) is 0 Å². The van der Waals surface area contributed by atoms with Gasteiger partial charge in [-0.2, -0.15) is 0 Å². The summed E-state index contributed by atoms with van der Waals surface area (Å²) in [5.41, 5.74) is 0. The lowest BCUT2D eigenvalue weighted by Gasteiger charge is -2.25. The summed E-state index contributed by atoms with van der Waals surface area (Å²) >= 11 is 0. The van der Waals surface area contributed by atoms with Crippen molar-refractivity contribution in [3.8, 4) is 12.3 Å². The third-order valence-corrected chi connectivity index (χ3v) is 2.90. The number of aliphatic hydroxyl groups excluding tert-OH is 1. The Morgan fingerprint density at radius 3 is 2.67 bits per heavy atom. The number of nitrogens with one attached hydrogen (secondary N) is 1. The van der Waals surface area contributed by atoms with Crippen LogP contribution >= 0.6 is 0 Å². The maximum atomic E-state index is 11.3. The van der Waals surface area contributed by atoms with E-state index in [0.717, 1.165) is 32.2 Å². The Hall–Kier alpha value is -1.01. The first-order chi connectivity index (χ1) is 7.22. The van der Waals surface area contributed by atoms with Crippen molar-refractivity contribution in [1.82, 2.24) is 5.32 Å². The Morgan fingerprint density at radius 2 is 2.07 bits per heavy atom. The first-order valence-corrected chi connectivity index (χ1v) is 5.60. The molecule has 3 nitrogen and oxygen atoms in total. The van der Waals surface area contributed by atoms with Gasteiger partial charge >= 0.3 is 0 Å². The maximum Gasteiger partial charge on any atom is 0.220 e. The van der Waals surface area contributed by atoms with Crippen molar-refractivity contribution in [1.29, 1.82) is 0 Å². The fourth-order valence-electron chi connectivity index (χ4n) is 1.88. The number of terminal acetylenes is 1. The molecule has 1 fully saturated rings. The van der Waals surface area contributed by atoms with E-state index in [-0.39, 0.29) is 12.0 Å². The molecule has 15 heavy (non-hydrogen) atoms. The van der Waals surface area contributed by atoms with E-state index in [0.29, 0.717) is 18.8 Å². The molecule has 84 valence electrons. The molecule has 0 radical (unpaired) electrons. The zero-order chi connectivity index (χ0) is 11.1. The van der Waals surface area contributed by atoms with Gasteiger partial charge in [-0.3, -0.25) is 4.79 Å². The van der Waals surface area contributed by atoms with E-state index in [1.165, 1.54) is 0 Å². The molecule has 0 unspecified atom stereocenters. The number of hydrogen-bond donors (Lipinski definition) is 2. The molecule has 1 amide bonds. The Morgan fingerprint density at radius 1 is 1.40 bits per heavy atom. The van der Waals surface area contributed by atoms with Crippen LogP contribution in [0.4, 0.5) is 0 Å². The number of amides is 1. The zero-order valence-electron chi connectivity index (χ0n) is 9.04. The Labute approximate surface area is 91.3 Å². The maximum absolute atomic E-state index is 11.3. The topological polar surface area (TPSA) is 49.3 Å². The van der Waals surface area contributed by atoms with Crippen molar-refractivity contribution in [2.45, 2.75) is 44.6 Å². The fourth-order valence-corrected chi connectivity index (χ4v) is 1.88. The summed E-state index contributed by atoms with van der Waals surface area (Å²) in [5, 5.41) is 12.2. The second-order valence-electron chi connectivity index (χ2n) is 4.18. The van der Waals surface area contributed by atoms with Crippen molar-refractivity contribution >= 4 is 5.91 Å². The first kappa shape index (κ1) is 12.1. The van der Waals surface area contributed by atoms with Gasteiger partial charge in [0.2, 0.25) is 5.91 Å². The van der Waals surface area contributed by atoms with Gasteiger partial charge in [-0.05, 0) is 31.6 Å². The quantitative estimate of drug-likeness (QED) is 0.680. The van der Waals surface area contributed by atoms with Gasteiger partial charge < -0.3 is 10.4 Å². The second kappa shape index (κ2) is 6.47. The van der Waals surface area contributed by atoms with Crippen LogP contribution in [0.15, 0.2) is 0 Å². The minimum absolute atomic E-state index is 0.0408. The van der Waals surface area contributed by atoms with Gasteiger partial charge in [0.05, 0.1) is 6.10 Å². The average molecular weight is 209 g/mol. The van der Waals surface area contributed by atoms with Crippen molar-refractivity contribution in [2.24, 2.45) is 5.92 Å². The van der Waals surface area contributed by atoms with Gasteiger partial charge in [-0.15, -0.1) is 12.3 Å². The molecular weight excluding hydrogens is 190 g/mol. The minimum Gasteiger partial charge on any atom is -0.393 e. The molecule has 0 aromatic rings. The third kappa shape index (κ3) is 4.85. The molecule has 0 bridgehead atoms. The first-order valence-electron chi connectivity index (χ1n) is 5.60. The van der Waals surface area contributed by atoms with Crippen LogP contribution in [0, 0.1) is 18.3 Å². The SMILES string of the molecule is C#CCCC(=O)NCC1CCC(O)CC1. The van der Waals surface area contributed by atoms with Crippen molar-refractivity contribution in [2.75, 3.05) is 6.54 Å². The fraction of sp³-hybridized carbons (Fsp3) is 0.750. The highest BCUT2D eigenvalue weighted by Gasteiger charge is 2.19. The normalized spacial score (nSPS) is 25.6. The Bertz CT molecular complexity index is 236. The lowest BCUT2D eigenvalue weighted by Crippen LogP contribution is -2.31. The molecule has 0 aromatic heterocycles. The van der Waals surface area contributed by atoms with E-state index >= 15 is 0 Å². The van der Waals surface area contributed by atoms with Crippen molar-refractivity contribution < 1.29 is 9.90 Å². The van der Waals surface area contributed by atoms with Crippen molar-refractivity contribution in [3.63, 3.8) is 0 Å². The summed E-state index contributed by atoms with van der Waals surface area (Å²) in [6.45, 7) is 0.732. The monoisotopic (exact) mass is 209 g/mol. The molecule has 0 aliphatic heterocycles. The van der Waals surface area contributed by atoms with Gasteiger partial charge in [0.15, 0.2) is 0 Å². The van der Waals surface area contributed by atoms with Crippen LogP contribution in [-0.2, 0) is 4.79 Å². The zero-order valence-corrected chi connectivity index (χ0v) is 9.04. The lowest BCUT2D eigenvalue weighted by molar-refractivity contribution is -0.121. The summed E-state index contributed by atoms with van der Waals surface area (Å²) in [4.78, 5) is 11.3. The minimum atomic E-state index is -0.126. The summed E-state index contributed by atoms with van der Waals surface area (Å²) in [7, 11) is 0. The smallest absolute Gasteiger partial charge is 0.220 e. The molecule has 0 atom stereocenters. The van der Waals surface area contributed by atoms with Crippen LogP contribution in [0.1, 0.15) is 38.5 Å². The van der Waals surface area contributed by atoms with Crippen LogP contribution in [0.2, 0.25) is 0 Å². The molecule has 1 aliphatic rings. The summed E-state index contributed by atoms with van der Waals surface area (Å²) < 4.78 is 0. The number of aliphatic hydroxyl groups is 1. The van der Waals surface area contributed by atoms with E-state index in [9.17, 15) is 9.90 Å². The lowest BCUT2D eigenvalue weighted by atomic mass is 9.87. The highest BCUT2D eigenvalue weighted by Crippen LogP contribution is 2.23. The van der Waals surface area contributed by atoms with Gasteiger partial charge in [-0.1, -0.05) is 0 Å². The van der Waals surface area contributed by atoms with Gasteiger partial charge in [0.25, 0.3) is 0 Å².